The van der Waals surface area contributed by atoms with Gasteiger partial charge in [-0.25, -0.2) is 0 Å². The Morgan fingerprint density at radius 3 is 2.43 bits per heavy atom. The zero-order valence-electron chi connectivity index (χ0n) is 14.9. The van der Waals surface area contributed by atoms with Gasteiger partial charge in [0.15, 0.2) is 0 Å². The van der Waals surface area contributed by atoms with Crippen LogP contribution in [0, 0.1) is 11.3 Å². The molecule has 0 saturated carbocycles. The molecule has 1 aromatic heterocycles. The van der Waals surface area contributed by atoms with Gasteiger partial charge in [0.05, 0.1) is 11.7 Å². The van der Waals surface area contributed by atoms with Crippen LogP contribution in [0.25, 0.3) is 0 Å². The number of aromatic nitrogens is 2. The Morgan fingerprint density at radius 1 is 1.24 bits per heavy atom. The highest BCUT2D eigenvalue weighted by Gasteiger charge is 2.29. The minimum absolute atomic E-state index is 0.266. The quantitative estimate of drug-likeness (QED) is 0.646. The second kappa shape index (κ2) is 8.57. The predicted molar refractivity (Wildman–Crippen MR) is 91.7 cm³/mol. The van der Waals surface area contributed by atoms with E-state index in [1.54, 1.807) is 0 Å². The molecule has 0 fully saturated rings. The van der Waals surface area contributed by atoms with Crippen molar-refractivity contribution >= 4 is 0 Å². The van der Waals surface area contributed by atoms with Gasteiger partial charge >= 0.3 is 0 Å². The number of hydrogen-bond donors (Lipinski definition) is 1. The molecule has 0 aliphatic carbocycles. The molecule has 0 spiro atoms. The SMILES string of the molecule is CCCNCC(C)(Cc1ccn(C(CC)CC)n1)C(C)C. The van der Waals surface area contributed by atoms with E-state index in [4.69, 9.17) is 5.10 Å². The topological polar surface area (TPSA) is 29.9 Å². The summed E-state index contributed by atoms with van der Waals surface area (Å²) in [7, 11) is 0. The molecule has 0 aliphatic rings. The standard InChI is InChI=1S/C18H35N3/c1-7-11-19-14-18(6,15(4)5)13-16-10-12-21(20-16)17(8-2)9-3/h10,12,15,17,19H,7-9,11,13-14H2,1-6H3. The van der Waals surface area contributed by atoms with E-state index < -0.39 is 0 Å². The van der Waals surface area contributed by atoms with Gasteiger partial charge in [-0.15, -0.1) is 0 Å². The van der Waals surface area contributed by atoms with Gasteiger partial charge in [-0.1, -0.05) is 41.5 Å². The lowest BCUT2D eigenvalue weighted by molar-refractivity contribution is 0.205. The summed E-state index contributed by atoms with van der Waals surface area (Å²) in [5, 5.41) is 8.43. The van der Waals surface area contributed by atoms with Crippen molar-refractivity contribution in [2.24, 2.45) is 11.3 Å². The second-order valence-corrected chi connectivity index (χ2v) is 6.92. The molecule has 3 nitrogen and oxygen atoms in total. The number of nitrogens with zero attached hydrogens (tertiary/aromatic N) is 2. The Balaban J connectivity index is 2.75. The molecule has 0 bridgehead atoms. The van der Waals surface area contributed by atoms with Crippen LogP contribution in [0.2, 0.25) is 0 Å². The molecule has 0 saturated heterocycles. The molecular weight excluding hydrogens is 258 g/mol. The van der Waals surface area contributed by atoms with Gasteiger partial charge in [0.25, 0.3) is 0 Å². The summed E-state index contributed by atoms with van der Waals surface area (Å²) in [6.07, 6.45) is 6.70. The summed E-state index contributed by atoms with van der Waals surface area (Å²) in [6.45, 7) is 15.9. The van der Waals surface area contributed by atoms with E-state index in [9.17, 15) is 0 Å². The first-order valence-corrected chi connectivity index (χ1v) is 8.71. The summed E-state index contributed by atoms with van der Waals surface area (Å²) in [4.78, 5) is 0. The molecule has 3 heteroatoms. The zero-order valence-corrected chi connectivity index (χ0v) is 14.9. The second-order valence-electron chi connectivity index (χ2n) is 6.92. The molecular formula is C18H35N3. The Morgan fingerprint density at radius 2 is 1.90 bits per heavy atom. The van der Waals surface area contributed by atoms with Crippen LogP contribution < -0.4 is 5.32 Å². The fourth-order valence-corrected chi connectivity index (χ4v) is 2.77. The van der Waals surface area contributed by atoms with Crippen molar-refractivity contribution in [3.05, 3.63) is 18.0 Å². The molecule has 1 unspecified atom stereocenters. The lowest BCUT2D eigenvalue weighted by Crippen LogP contribution is -2.38. The van der Waals surface area contributed by atoms with Gasteiger partial charge < -0.3 is 5.32 Å². The molecule has 0 aliphatic heterocycles. The van der Waals surface area contributed by atoms with Crippen LogP contribution >= 0.6 is 0 Å². The smallest absolute Gasteiger partial charge is 0.0630 e. The lowest BCUT2D eigenvalue weighted by Gasteiger charge is -2.33. The van der Waals surface area contributed by atoms with E-state index in [-0.39, 0.29) is 5.41 Å². The Kier molecular flexibility index (Phi) is 7.44. The van der Waals surface area contributed by atoms with Crippen LogP contribution in [-0.2, 0) is 6.42 Å². The largest absolute Gasteiger partial charge is 0.316 e. The number of hydrogen-bond acceptors (Lipinski definition) is 2. The van der Waals surface area contributed by atoms with Gasteiger partial charge in [0.1, 0.15) is 0 Å². The van der Waals surface area contributed by atoms with E-state index in [1.165, 1.54) is 12.1 Å². The average Bonchev–Trinajstić information content (AvgIpc) is 2.88. The van der Waals surface area contributed by atoms with E-state index >= 15 is 0 Å². The first kappa shape index (κ1) is 18.2. The van der Waals surface area contributed by atoms with Crippen molar-refractivity contribution in [3.8, 4) is 0 Å². The van der Waals surface area contributed by atoms with Crippen LogP contribution in [0.5, 0.6) is 0 Å². The molecule has 1 atom stereocenters. The summed E-state index contributed by atoms with van der Waals surface area (Å²) < 4.78 is 2.16. The summed E-state index contributed by atoms with van der Waals surface area (Å²) >= 11 is 0. The van der Waals surface area contributed by atoms with Crippen molar-refractivity contribution < 1.29 is 0 Å². The van der Waals surface area contributed by atoms with Gasteiger partial charge in [-0.3, -0.25) is 4.68 Å². The first-order chi connectivity index (χ1) is 9.96. The highest BCUT2D eigenvalue weighted by Crippen LogP contribution is 2.30. The summed E-state index contributed by atoms with van der Waals surface area (Å²) in [6, 6.07) is 2.75. The number of nitrogens with one attached hydrogen (secondary N) is 1. The average molecular weight is 293 g/mol. The molecule has 1 heterocycles. The van der Waals surface area contributed by atoms with Crippen molar-refractivity contribution in [1.82, 2.24) is 15.1 Å². The molecule has 122 valence electrons. The lowest BCUT2D eigenvalue weighted by atomic mass is 9.75. The van der Waals surface area contributed by atoms with Crippen LogP contribution in [0.1, 0.15) is 72.5 Å². The summed E-state index contributed by atoms with van der Waals surface area (Å²) in [5.74, 6) is 0.639. The van der Waals surface area contributed by atoms with Gasteiger partial charge in [0, 0.05) is 12.7 Å². The molecule has 0 radical (unpaired) electrons. The van der Waals surface area contributed by atoms with E-state index in [0.717, 1.165) is 32.4 Å². The predicted octanol–water partition coefficient (Wildman–Crippen LogP) is 4.45. The maximum atomic E-state index is 4.84. The number of rotatable bonds is 10. The maximum Gasteiger partial charge on any atom is 0.0630 e. The van der Waals surface area contributed by atoms with E-state index in [1.807, 2.05) is 0 Å². The fraction of sp³-hybridized carbons (Fsp3) is 0.833. The fourth-order valence-electron chi connectivity index (χ4n) is 2.77. The van der Waals surface area contributed by atoms with Gasteiger partial charge in [0.2, 0.25) is 0 Å². The third kappa shape index (κ3) is 5.14. The molecule has 21 heavy (non-hydrogen) atoms. The minimum atomic E-state index is 0.266. The Hall–Kier alpha value is -0.830. The molecule has 1 aromatic rings. The molecule has 0 aromatic carbocycles. The van der Waals surface area contributed by atoms with Crippen LogP contribution in [0.3, 0.4) is 0 Å². The highest BCUT2D eigenvalue weighted by molar-refractivity contribution is 5.04. The third-order valence-corrected chi connectivity index (χ3v) is 4.91. The normalized spacial score (nSPS) is 14.9. The molecule has 1 N–H and O–H groups in total. The monoisotopic (exact) mass is 293 g/mol. The Labute approximate surface area is 131 Å². The van der Waals surface area contributed by atoms with Gasteiger partial charge in [-0.2, -0.15) is 5.10 Å². The van der Waals surface area contributed by atoms with Crippen molar-refractivity contribution in [1.29, 1.82) is 0 Å². The van der Waals surface area contributed by atoms with Gasteiger partial charge in [-0.05, 0) is 49.6 Å². The molecule has 0 amide bonds. The highest BCUT2D eigenvalue weighted by atomic mass is 15.3. The van der Waals surface area contributed by atoms with E-state index in [0.29, 0.717) is 12.0 Å². The zero-order chi connectivity index (χ0) is 15.9. The van der Waals surface area contributed by atoms with Crippen molar-refractivity contribution in [2.45, 2.75) is 73.3 Å². The molecule has 1 rings (SSSR count). The van der Waals surface area contributed by atoms with Crippen molar-refractivity contribution in [2.75, 3.05) is 13.1 Å². The van der Waals surface area contributed by atoms with Crippen LogP contribution in [-0.4, -0.2) is 22.9 Å². The van der Waals surface area contributed by atoms with Crippen LogP contribution in [0.4, 0.5) is 0 Å². The van der Waals surface area contributed by atoms with E-state index in [2.05, 4.69) is 63.8 Å². The maximum absolute atomic E-state index is 4.84. The van der Waals surface area contributed by atoms with Crippen LogP contribution in [0.15, 0.2) is 12.3 Å². The minimum Gasteiger partial charge on any atom is -0.316 e. The summed E-state index contributed by atoms with van der Waals surface area (Å²) in [5.41, 5.74) is 1.50. The Bertz CT molecular complexity index is 393. The first-order valence-electron chi connectivity index (χ1n) is 8.71. The van der Waals surface area contributed by atoms with Crippen molar-refractivity contribution in [3.63, 3.8) is 0 Å². The third-order valence-electron chi connectivity index (χ3n) is 4.91.